The van der Waals surface area contributed by atoms with Crippen LogP contribution in [0.4, 0.5) is 10.2 Å². The van der Waals surface area contributed by atoms with Crippen LogP contribution in [0.1, 0.15) is 30.0 Å². The van der Waals surface area contributed by atoms with Crippen molar-refractivity contribution in [2.45, 2.75) is 25.2 Å². The highest BCUT2D eigenvalue weighted by Crippen LogP contribution is 2.39. The topological polar surface area (TPSA) is 97.2 Å². The molecule has 5 rings (SSSR count). The third-order valence-corrected chi connectivity index (χ3v) is 5.46. The van der Waals surface area contributed by atoms with E-state index in [2.05, 4.69) is 15.5 Å². The number of anilines is 1. The molecule has 1 fully saturated rings. The Labute approximate surface area is 182 Å². The first-order valence-corrected chi connectivity index (χ1v) is 10.3. The second-order valence-electron chi connectivity index (χ2n) is 7.87. The van der Waals surface area contributed by atoms with Crippen molar-refractivity contribution < 1.29 is 18.3 Å². The average molecular weight is 433 g/mol. The van der Waals surface area contributed by atoms with Gasteiger partial charge in [0.05, 0.1) is 18.9 Å². The summed E-state index contributed by atoms with van der Waals surface area (Å²) in [6.45, 7) is 0. The number of aromatic amines is 1. The molecule has 8 heteroatoms. The van der Waals surface area contributed by atoms with Crippen LogP contribution >= 0.6 is 0 Å². The van der Waals surface area contributed by atoms with Gasteiger partial charge < -0.3 is 14.5 Å². The van der Waals surface area contributed by atoms with E-state index in [-0.39, 0.29) is 34.5 Å². The maximum absolute atomic E-state index is 14.8. The van der Waals surface area contributed by atoms with Gasteiger partial charge in [0.15, 0.2) is 22.6 Å². The number of amides is 1. The number of hydrogen-bond acceptors (Lipinski definition) is 5. The number of carbonyl (C=O) groups excluding carboxylic acids is 1. The Morgan fingerprint density at radius 2 is 2.00 bits per heavy atom. The predicted octanol–water partition coefficient (Wildman–Crippen LogP) is 4.39. The first-order chi connectivity index (χ1) is 15.5. The fourth-order valence-corrected chi connectivity index (χ4v) is 3.65. The standard InChI is InChI=1S/C24H20FN3O4/c1-31-16-6-4-15(5-7-16)21-12-20(29)17-8-13(9-18(25)24(17)32-21)10-23(30)26-22-11-19(27-28-22)14-2-3-14/h4-9,11-12,14H,2-3,10H2,1H3,(H2,26,27,28,30). The van der Waals surface area contributed by atoms with Crippen LogP contribution < -0.4 is 15.5 Å². The van der Waals surface area contributed by atoms with E-state index in [0.29, 0.717) is 28.6 Å². The quantitative estimate of drug-likeness (QED) is 0.470. The lowest BCUT2D eigenvalue weighted by Gasteiger charge is -2.07. The van der Waals surface area contributed by atoms with E-state index in [9.17, 15) is 14.0 Å². The molecular formula is C24H20FN3O4. The molecule has 0 atom stereocenters. The van der Waals surface area contributed by atoms with Crippen molar-refractivity contribution in [3.63, 3.8) is 0 Å². The van der Waals surface area contributed by atoms with Crippen LogP contribution in [0, 0.1) is 5.82 Å². The number of aromatic nitrogens is 2. The zero-order valence-electron chi connectivity index (χ0n) is 17.3. The molecule has 4 aromatic rings. The Balaban J connectivity index is 1.39. The summed E-state index contributed by atoms with van der Waals surface area (Å²) in [4.78, 5) is 25.1. The number of H-pyrrole nitrogens is 1. The number of rotatable bonds is 6. The number of halogens is 1. The summed E-state index contributed by atoms with van der Waals surface area (Å²) >= 11 is 0. The van der Waals surface area contributed by atoms with Gasteiger partial charge in [-0.1, -0.05) is 0 Å². The van der Waals surface area contributed by atoms with Gasteiger partial charge in [-0.25, -0.2) is 4.39 Å². The highest BCUT2D eigenvalue weighted by atomic mass is 19.1. The first kappa shape index (κ1) is 20.0. The number of nitrogens with zero attached hydrogens (tertiary/aromatic N) is 1. The summed E-state index contributed by atoms with van der Waals surface area (Å²) in [5, 5.41) is 9.79. The van der Waals surface area contributed by atoms with Gasteiger partial charge in [-0.05, 0) is 54.8 Å². The molecule has 162 valence electrons. The van der Waals surface area contributed by atoms with E-state index < -0.39 is 5.82 Å². The molecule has 0 radical (unpaired) electrons. The van der Waals surface area contributed by atoms with Crippen molar-refractivity contribution in [1.29, 1.82) is 0 Å². The van der Waals surface area contributed by atoms with Gasteiger partial charge in [0.25, 0.3) is 0 Å². The lowest BCUT2D eigenvalue weighted by atomic mass is 10.1. The number of nitrogens with one attached hydrogen (secondary N) is 2. The van der Waals surface area contributed by atoms with Crippen molar-refractivity contribution in [1.82, 2.24) is 10.2 Å². The van der Waals surface area contributed by atoms with Gasteiger partial charge in [-0.15, -0.1) is 0 Å². The normalized spacial score (nSPS) is 13.3. The molecule has 2 N–H and O–H groups in total. The Bertz CT molecular complexity index is 1370. The molecule has 2 heterocycles. The van der Waals surface area contributed by atoms with E-state index >= 15 is 0 Å². The van der Waals surface area contributed by atoms with E-state index in [4.69, 9.17) is 9.15 Å². The molecule has 1 amide bonds. The molecule has 7 nitrogen and oxygen atoms in total. The fourth-order valence-electron chi connectivity index (χ4n) is 3.65. The summed E-state index contributed by atoms with van der Waals surface area (Å²) in [5.41, 5.74) is 1.46. The number of benzene rings is 2. The van der Waals surface area contributed by atoms with Crippen molar-refractivity contribution in [3.8, 4) is 17.1 Å². The van der Waals surface area contributed by atoms with Crippen LogP contribution in [-0.2, 0) is 11.2 Å². The summed E-state index contributed by atoms with van der Waals surface area (Å²) < 4.78 is 25.6. The summed E-state index contributed by atoms with van der Waals surface area (Å²) in [6.07, 6.45) is 2.14. The summed E-state index contributed by atoms with van der Waals surface area (Å²) in [7, 11) is 1.55. The molecule has 1 aliphatic carbocycles. The largest absolute Gasteiger partial charge is 0.497 e. The lowest BCUT2D eigenvalue weighted by molar-refractivity contribution is -0.115. The molecular weight excluding hydrogens is 413 g/mol. The van der Waals surface area contributed by atoms with Crippen LogP contribution in [0.2, 0.25) is 0 Å². The Kier molecular flexibility index (Phi) is 4.97. The fraction of sp³-hybridized carbons (Fsp3) is 0.208. The second kappa shape index (κ2) is 7.96. The third-order valence-electron chi connectivity index (χ3n) is 5.46. The van der Waals surface area contributed by atoms with E-state index in [1.54, 1.807) is 31.4 Å². The molecule has 0 unspecified atom stereocenters. The average Bonchev–Trinajstić information content (AvgIpc) is 3.53. The summed E-state index contributed by atoms with van der Waals surface area (Å²) in [5.74, 6) is 0.779. The lowest BCUT2D eigenvalue weighted by Crippen LogP contribution is -2.15. The van der Waals surface area contributed by atoms with Crippen molar-refractivity contribution in [2.24, 2.45) is 0 Å². The van der Waals surface area contributed by atoms with E-state index in [0.717, 1.165) is 18.5 Å². The third kappa shape index (κ3) is 3.99. The molecule has 1 saturated carbocycles. The van der Waals surface area contributed by atoms with Crippen LogP contribution in [-0.4, -0.2) is 23.2 Å². The summed E-state index contributed by atoms with van der Waals surface area (Å²) in [6, 6.07) is 12.7. The van der Waals surface area contributed by atoms with Gasteiger partial charge >= 0.3 is 0 Å². The van der Waals surface area contributed by atoms with Crippen LogP contribution in [0.5, 0.6) is 5.75 Å². The van der Waals surface area contributed by atoms with Crippen molar-refractivity contribution in [3.05, 3.63) is 75.8 Å². The van der Waals surface area contributed by atoms with Gasteiger partial charge in [0, 0.05) is 29.3 Å². The maximum atomic E-state index is 14.8. The maximum Gasteiger partial charge on any atom is 0.229 e. The molecule has 32 heavy (non-hydrogen) atoms. The molecule has 1 aliphatic rings. The molecule has 2 aromatic heterocycles. The SMILES string of the molecule is COc1ccc(-c2cc(=O)c3cc(CC(=O)Nc4cc(C5CC5)[nH]n4)cc(F)c3o2)cc1. The van der Waals surface area contributed by atoms with Crippen LogP contribution in [0.15, 0.2) is 57.7 Å². The monoisotopic (exact) mass is 433 g/mol. The number of fused-ring (bicyclic) bond motifs is 1. The zero-order chi connectivity index (χ0) is 22.2. The minimum atomic E-state index is -0.700. The van der Waals surface area contributed by atoms with Crippen molar-refractivity contribution >= 4 is 22.7 Å². The van der Waals surface area contributed by atoms with Crippen molar-refractivity contribution in [2.75, 3.05) is 12.4 Å². The Morgan fingerprint density at radius 3 is 2.72 bits per heavy atom. The highest BCUT2D eigenvalue weighted by molar-refractivity contribution is 5.92. The molecule has 0 bridgehead atoms. The molecule has 0 spiro atoms. The van der Waals surface area contributed by atoms with Gasteiger partial charge in [-0.2, -0.15) is 5.10 Å². The predicted molar refractivity (Wildman–Crippen MR) is 117 cm³/mol. The molecule has 0 saturated heterocycles. The molecule has 0 aliphatic heterocycles. The number of hydrogen-bond donors (Lipinski definition) is 2. The first-order valence-electron chi connectivity index (χ1n) is 10.3. The van der Waals surface area contributed by atoms with E-state index in [1.165, 1.54) is 18.2 Å². The molecule has 2 aromatic carbocycles. The second-order valence-corrected chi connectivity index (χ2v) is 7.87. The Morgan fingerprint density at radius 1 is 1.22 bits per heavy atom. The minimum Gasteiger partial charge on any atom is -0.497 e. The van der Waals surface area contributed by atoms with Crippen LogP contribution in [0.25, 0.3) is 22.3 Å². The smallest absolute Gasteiger partial charge is 0.229 e. The van der Waals surface area contributed by atoms with Gasteiger partial charge in [0.2, 0.25) is 5.91 Å². The number of carbonyl (C=O) groups is 1. The van der Waals surface area contributed by atoms with Gasteiger partial charge in [0.1, 0.15) is 11.5 Å². The zero-order valence-corrected chi connectivity index (χ0v) is 17.3. The highest BCUT2D eigenvalue weighted by Gasteiger charge is 2.25. The van der Waals surface area contributed by atoms with Crippen LogP contribution in [0.3, 0.4) is 0 Å². The van der Waals surface area contributed by atoms with E-state index in [1.807, 2.05) is 6.07 Å². The number of ether oxygens (including phenoxy) is 1. The Hall–Kier alpha value is -3.94. The minimum absolute atomic E-state index is 0.0841. The van der Waals surface area contributed by atoms with Gasteiger partial charge in [-0.3, -0.25) is 14.7 Å². The number of methoxy groups -OCH3 is 1.